The number of carbonyl (C=O) groups is 2. The van der Waals surface area contributed by atoms with Crippen LogP contribution in [0.3, 0.4) is 0 Å². The average molecular weight is 381 g/mol. The van der Waals surface area contributed by atoms with Crippen molar-refractivity contribution >= 4 is 23.0 Å². The molecule has 1 heterocycles. The van der Waals surface area contributed by atoms with E-state index in [2.05, 4.69) is 0 Å². The number of thioether (sulfide) groups is 1. The summed E-state index contributed by atoms with van der Waals surface area (Å²) in [5.74, 6) is 0. The van der Waals surface area contributed by atoms with Gasteiger partial charge >= 0.3 is 6.09 Å². The van der Waals surface area contributed by atoms with Crippen molar-refractivity contribution in [1.29, 1.82) is 0 Å². The van der Waals surface area contributed by atoms with Gasteiger partial charge in [-0.15, -0.1) is 0 Å². The van der Waals surface area contributed by atoms with Crippen molar-refractivity contribution in [2.75, 3.05) is 27.1 Å². The van der Waals surface area contributed by atoms with Crippen LogP contribution in [0.4, 0.5) is 4.79 Å². The molecule has 26 heavy (non-hydrogen) atoms. The van der Waals surface area contributed by atoms with Gasteiger partial charge in [0.1, 0.15) is 12.4 Å². The maximum absolute atomic E-state index is 12.5. The normalized spacial score (nSPS) is 20.2. The minimum atomic E-state index is -0.569. The van der Waals surface area contributed by atoms with Gasteiger partial charge in [-0.3, -0.25) is 4.79 Å². The summed E-state index contributed by atoms with van der Waals surface area (Å²) in [6.45, 7) is 6.48. The fourth-order valence-corrected chi connectivity index (χ4v) is 3.85. The number of nitrogens with zero attached hydrogens (tertiary/aromatic N) is 1. The molecule has 0 bridgehead atoms. The zero-order chi connectivity index (χ0) is 19.2. The number of amides is 1. The maximum Gasteiger partial charge on any atom is 0.410 e. The van der Waals surface area contributed by atoms with Gasteiger partial charge < -0.3 is 19.1 Å². The number of rotatable bonds is 6. The van der Waals surface area contributed by atoms with Gasteiger partial charge in [-0.05, 0) is 27.2 Å². The molecule has 0 radical (unpaired) electrons. The highest BCUT2D eigenvalue weighted by Crippen LogP contribution is 2.31. The first kappa shape index (κ1) is 20.7. The van der Waals surface area contributed by atoms with Gasteiger partial charge in [0, 0.05) is 24.5 Å². The summed E-state index contributed by atoms with van der Waals surface area (Å²) in [6, 6.07) is 9.03. The zero-order valence-electron chi connectivity index (χ0n) is 15.8. The highest BCUT2D eigenvalue weighted by molar-refractivity contribution is 8.14. The minimum Gasteiger partial charge on any atom is -0.444 e. The van der Waals surface area contributed by atoms with Crippen LogP contribution < -0.4 is 0 Å². The van der Waals surface area contributed by atoms with Gasteiger partial charge in [0.2, 0.25) is 5.12 Å². The molecule has 0 aliphatic carbocycles. The number of ether oxygens (including phenoxy) is 3. The molecule has 0 aromatic heterocycles. The minimum absolute atomic E-state index is 0.00590. The Morgan fingerprint density at radius 3 is 2.54 bits per heavy atom. The Morgan fingerprint density at radius 1 is 1.23 bits per heavy atom. The van der Waals surface area contributed by atoms with Crippen LogP contribution in [0.5, 0.6) is 0 Å². The fourth-order valence-electron chi connectivity index (χ4n) is 2.72. The Hall–Kier alpha value is -1.57. The van der Waals surface area contributed by atoms with E-state index in [0.29, 0.717) is 25.1 Å². The van der Waals surface area contributed by atoms with E-state index in [1.807, 2.05) is 39.0 Å². The lowest BCUT2D eigenvalue weighted by atomic mass is 10.2. The zero-order valence-corrected chi connectivity index (χ0v) is 16.6. The second-order valence-electron chi connectivity index (χ2n) is 7.19. The molecule has 2 atom stereocenters. The summed E-state index contributed by atoms with van der Waals surface area (Å²) in [6.07, 6.45) is 0.297. The second-order valence-corrected chi connectivity index (χ2v) is 8.47. The van der Waals surface area contributed by atoms with Crippen molar-refractivity contribution in [3.8, 4) is 0 Å². The first-order chi connectivity index (χ1) is 12.3. The van der Waals surface area contributed by atoms with Crippen molar-refractivity contribution in [1.82, 2.24) is 4.90 Å². The topological polar surface area (TPSA) is 65.1 Å². The highest BCUT2D eigenvalue weighted by Gasteiger charge is 2.38. The van der Waals surface area contributed by atoms with E-state index in [0.717, 1.165) is 0 Å². The number of hydrogen-bond donors (Lipinski definition) is 0. The summed E-state index contributed by atoms with van der Waals surface area (Å²) in [5.41, 5.74) is 0.0977. The molecule has 1 amide bonds. The predicted octanol–water partition coefficient (Wildman–Crippen LogP) is 3.56. The highest BCUT2D eigenvalue weighted by atomic mass is 32.2. The Labute approximate surface area is 159 Å². The van der Waals surface area contributed by atoms with Gasteiger partial charge in [-0.2, -0.15) is 0 Å². The molecule has 1 aromatic carbocycles. The monoisotopic (exact) mass is 381 g/mol. The van der Waals surface area contributed by atoms with Crippen LogP contribution in [-0.2, 0) is 14.2 Å². The van der Waals surface area contributed by atoms with E-state index < -0.39 is 5.60 Å². The maximum atomic E-state index is 12.5. The largest absolute Gasteiger partial charge is 0.444 e. The number of methoxy groups -OCH3 is 1. The van der Waals surface area contributed by atoms with E-state index in [-0.39, 0.29) is 29.3 Å². The van der Waals surface area contributed by atoms with Crippen molar-refractivity contribution in [2.45, 2.75) is 44.1 Å². The van der Waals surface area contributed by atoms with Crippen LogP contribution in [0.15, 0.2) is 30.3 Å². The Bertz CT molecular complexity index is 602. The van der Waals surface area contributed by atoms with E-state index in [9.17, 15) is 9.59 Å². The third-order valence-corrected chi connectivity index (χ3v) is 4.92. The number of carbonyl (C=O) groups excluding carboxylic acids is 2. The van der Waals surface area contributed by atoms with Crippen LogP contribution in [0.1, 0.15) is 37.6 Å². The van der Waals surface area contributed by atoms with E-state index >= 15 is 0 Å². The SMILES string of the molecule is COCOCC1CC(SC(=O)c2ccccc2)CN1C(=O)OC(C)(C)C. The number of hydrogen-bond acceptors (Lipinski definition) is 6. The van der Waals surface area contributed by atoms with Crippen LogP contribution >= 0.6 is 11.8 Å². The summed E-state index contributed by atoms with van der Waals surface area (Å²) in [7, 11) is 1.55. The fraction of sp³-hybridized carbons (Fsp3) is 0.579. The lowest BCUT2D eigenvalue weighted by Crippen LogP contribution is -2.42. The Morgan fingerprint density at radius 2 is 1.92 bits per heavy atom. The number of benzene rings is 1. The van der Waals surface area contributed by atoms with Gasteiger partial charge in [-0.1, -0.05) is 42.1 Å². The molecule has 1 aliphatic rings. The molecule has 0 N–H and O–H groups in total. The average Bonchev–Trinajstić information content (AvgIpc) is 2.97. The van der Waals surface area contributed by atoms with Crippen molar-refractivity contribution in [3.63, 3.8) is 0 Å². The van der Waals surface area contributed by atoms with Crippen molar-refractivity contribution in [2.24, 2.45) is 0 Å². The molecule has 0 spiro atoms. The standard InChI is InChI=1S/C19H27NO5S/c1-19(2,3)25-18(22)20-11-16(10-15(20)12-24-13-23-4)26-17(21)14-8-6-5-7-9-14/h5-9,15-16H,10-13H2,1-4H3. The lowest BCUT2D eigenvalue weighted by Gasteiger charge is -2.28. The van der Waals surface area contributed by atoms with Crippen LogP contribution in [-0.4, -0.2) is 60.1 Å². The molecule has 1 aromatic rings. The third kappa shape index (κ3) is 6.30. The third-order valence-electron chi connectivity index (χ3n) is 3.80. The van der Waals surface area contributed by atoms with E-state index in [1.165, 1.54) is 11.8 Å². The molecule has 2 rings (SSSR count). The van der Waals surface area contributed by atoms with Crippen molar-refractivity contribution < 1.29 is 23.8 Å². The molecule has 6 nitrogen and oxygen atoms in total. The van der Waals surface area contributed by atoms with Gasteiger partial charge in [-0.25, -0.2) is 4.79 Å². The molecule has 7 heteroatoms. The van der Waals surface area contributed by atoms with Gasteiger partial charge in [0.25, 0.3) is 0 Å². The van der Waals surface area contributed by atoms with E-state index in [1.54, 1.807) is 24.1 Å². The summed E-state index contributed by atoms with van der Waals surface area (Å²) in [4.78, 5) is 26.6. The molecular weight excluding hydrogens is 354 g/mol. The van der Waals surface area contributed by atoms with Gasteiger partial charge in [0.05, 0.1) is 12.6 Å². The molecule has 1 saturated heterocycles. The summed E-state index contributed by atoms with van der Waals surface area (Å²) < 4.78 is 15.9. The van der Waals surface area contributed by atoms with Gasteiger partial charge in [0.15, 0.2) is 0 Å². The number of likely N-dealkylation sites (tertiary alicyclic amines) is 1. The van der Waals surface area contributed by atoms with Crippen LogP contribution in [0.25, 0.3) is 0 Å². The second kappa shape index (κ2) is 9.39. The first-order valence-electron chi connectivity index (χ1n) is 8.62. The summed E-state index contributed by atoms with van der Waals surface area (Å²) >= 11 is 1.27. The molecule has 1 aliphatic heterocycles. The van der Waals surface area contributed by atoms with Crippen LogP contribution in [0.2, 0.25) is 0 Å². The molecular formula is C19H27NO5S. The van der Waals surface area contributed by atoms with E-state index in [4.69, 9.17) is 14.2 Å². The Balaban J connectivity index is 2.01. The predicted molar refractivity (Wildman–Crippen MR) is 101 cm³/mol. The lowest BCUT2D eigenvalue weighted by molar-refractivity contribution is -0.0497. The Kier molecular flexibility index (Phi) is 7.49. The quantitative estimate of drug-likeness (QED) is 0.555. The first-order valence-corrected chi connectivity index (χ1v) is 9.50. The molecule has 144 valence electrons. The smallest absolute Gasteiger partial charge is 0.410 e. The van der Waals surface area contributed by atoms with Crippen LogP contribution in [0, 0.1) is 0 Å². The molecule has 0 saturated carbocycles. The summed E-state index contributed by atoms with van der Waals surface area (Å²) in [5, 5.41) is 0.0181. The van der Waals surface area contributed by atoms with Crippen molar-refractivity contribution in [3.05, 3.63) is 35.9 Å². The molecule has 1 fully saturated rings. The molecule has 2 unspecified atom stereocenters.